The highest BCUT2D eigenvalue weighted by Gasteiger charge is 2.03. The number of benzene rings is 1. The van der Waals surface area contributed by atoms with Crippen LogP contribution in [0, 0.1) is 0 Å². The largest absolute Gasteiger partial charge is 0.324 e. The minimum absolute atomic E-state index is 0.190. The van der Waals surface area contributed by atoms with Gasteiger partial charge >= 0.3 is 0 Å². The van der Waals surface area contributed by atoms with Crippen molar-refractivity contribution < 1.29 is 0 Å². The molecule has 1 unspecified atom stereocenters. The average Bonchev–Trinajstić information content (AvgIpc) is 2.25. The van der Waals surface area contributed by atoms with Gasteiger partial charge in [-0.2, -0.15) is 0 Å². The van der Waals surface area contributed by atoms with Crippen molar-refractivity contribution in [2.24, 2.45) is 5.73 Å². The predicted octanol–water partition coefficient (Wildman–Crippen LogP) is 2.08. The molecule has 1 atom stereocenters. The molecule has 0 fully saturated rings. The van der Waals surface area contributed by atoms with Gasteiger partial charge in [-0.25, -0.2) is 0 Å². The third-order valence-corrected chi connectivity index (χ3v) is 2.35. The maximum absolute atomic E-state index is 6.05. The van der Waals surface area contributed by atoms with Crippen molar-refractivity contribution in [3.63, 3.8) is 0 Å². The second kappa shape index (κ2) is 6.57. The summed E-state index contributed by atoms with van der Waals surface area (Å²) in [5, 5.41) is 3.30. The van der Waals surface area contributed by atoms with E-state index >= 15 is 0 Å². The zero-order valence-corrected chi connectivity index (χ0v) is 8.87. The molecule has 0 aliphatic heterocycles. The Balaban J connectivity index is 2.25. The van der Waals surface area contributed by atoms with Gasteiger partial charge in [-0.05, 0) is 31.5 Å². The maximum Gasteiger partial charge on any atom is 0.0295 e. The summed E-state index contributed by atoms with van der Waals surface area (Å²) in [6.45, 7) is 4.23. The molecule has 0 radical (unpaired) electrons. The Hall–Kier alpha value is -0.860. The summed E-state index contributed by atoms with van der Waals surface area (Å²) >= 11 is 0. The van der Waals surface area contributed by atoms with Crippen molar-refractivity contribution in [2.75, 3.05) is 13.1 Å². The first-order valence-corrected chi connectivity index (χ1v) is 5.36. The molecule has 3 N–H and O–H groups in total. The minimum atomic E-state index is 0.190. The van der Waals surface area contributed by atoms with Gasteiger partial charge in [0.2, 0.25) is 0 Å². The molecule has 2 nitrogen and oxygen atoms in total. The lowest BCUT2D eigenvalue weighted by atomic mass is 10.0. The molecule has 0 amide bonds. The number of hydrogen-bond acceptors (Lipinski definition) is 2. The fourth-order valence-electron chi connectivity index (χ4n) is 1.49. The van der Waals surface area contributed by atoms with Crippen LogP contribution in [0.2, 0.25) is 0 Å². The quantitative estimate of drug-likeness (QED) is 0.677. The number of hydrogen-bond donors (Lipinski definition) is 2. The Morgan fingerprint density at radius 2 is 2.00 bits per heavy atom. The monoisotopic (exact) mass is 192 g/mol. The van der Waals surface area contributed by atoms with Gasteiger partial charge in [-0.3, -0.25) is 0 Å². The van der Waals surface area contributed by atoms with E-state index in [9.17, 15) is 0 Å². The van der Waals surface area contributed by atoms with E-state index in [0.29, 0.717) is 0 Å². The van der Waals surface area contributed by atoms with Crippen molar-refractivity contribution in [3.05, 3.63) is 35.9 Å². The summed E-state index contributed by atoms with van der Waals surface area (Å²) in [4.78, 5) is 0. The van der Waals surface area contributed by atoms with Gasteiger partial charge in [0.25, 0.3) is 0 Å². The molecule has 0 aliphatic rings. The van der Waals surface area contributed by atoms with Crippen LogP contribution in [0.15, 0.2) is 30.3 Å². The van der Waals surface area contributed by atoms with E-state index in [1.54, 1.807) is 0 Å². The number of nitrogens with one attached hydrogen (secondary N) is 1. The summed E-state index contributed by atoms with van der Waals surface area (Å²) in [5.41, 5.74) is 7.29. The van der Waals surface area contributed by atoms with Crippen LogP contribution in [0.1, 0.15) is 31.4 Å². The molecule has 0 aromatic heterocycles. The van der Waals surface area contributed by atoms with Crippen LogP contribution in [-0.2, 0) is 0 Å². The van der Waals surface area contributed by atoms with E-state index in [2.05, 4.69) is 24.4 Å². The van der Waals surface area contributed by atoms with Gasteiger partial charge in [0.15, 0.2) is 0 Å². The Labute approximate surface area is 86.5 Å². The summed E-state index contributed by atoms with van der Waals surface area (Å²) in [6, 6.07) is 10.5. The molecule has 0 bridgehead atoms. The third kappa shape index (κ3) is 3.90. The van der Waals surface area contributed by atoms with Crippen LogP contribution in [0.5, 0.6) is 0 Å². The summed E-state index contributed by atoms with van der Waals surface area (Å²) < 4.78 is 0. The fourth-order valence-corrected chi connectivity index (χ4v) is 1.49. The number of rotatable bonds is 6. The van der Waals surface area contributed by atoms with Crippen LogP contribution < -0.4 is 11.1 Å². The molecular weight excluding hydrogens is 172 g/mol. The lowest BCUT2D eigenvalue weighted by molar-refractivity contribution is 0.575. The van der Waals surface area contributed by atoms with Gasteiger partial charge in [0.05, 0.1) is 0 Å². The lowest BCUT2D eigenvalue weighted by Crippen LogP contribution is -2.17. The van der Waals surface area contributed by atoms with Crippen LogP contribution in [-0.4, -0.2) is 13.1 Å². The number of nitrogens with two attached hydrogens (primary N) is 1. The molecule has 0 heterocycles. The van der Waals surface area contributed by atoms with Gasteiger partial charge in [0, 0.05) is 6.04 Å². The standard InChI is InChI=1S/C12H20N2/c1-2-14-10-6-9-12(13)11-7-4-3-5-8-11/h3-5,7-8,12,14H,2,6,9-10,13H2,1H3. The maximum atomic E-state index is 6.05. The van der Waals surface area contributed by atoms with Crippen LogP contribution in [0.25, 0.3) is 0 Å². The molecule has 78 valence electrons. The average molecular weight is 192 g/mol. The first kappa shape index (κ1) is 11.2. The molecule has 0 saturated heterocycles. The molecule has 2 heteroatoms. The first-order valence-electron chi connectivity index (χ1n) is 5.36. The van der Waals surface area contributed by atoms with E-state index in [4.69, 9.17) is 5.73 Å². The zero-order valence-electron chi connectivity index (χ0n) is 8.87. The first-order chi connectivity index (χ1) is 6.84. The normalized spacial score (nSPS) is 12.7. The topological polar surface area (TPSA) is 38.0 Å². The van der Waals surface area contributed by atoms with Crippen molar-refractivity contribution in [1.82, 2.24) is 5.32 Å². The highest BCUT2D eigenvalue weighted by Crippen LogP contribution is 2.14. The Morgan fingerprint density at radius 3 is 2.64 bits per heavy atom. The molecule has 1 rings (SSSR count). The van der Waals surface area contributed by atoms with E-state index in [-0.39, 0.29) is 6.04 Å². The van der Waals surface area contributed by atoms with E-state index < -0.39 is 0 Å². The molecule has 0 spiro atoms. The minimum Gasteiger partial charge on any atom is -0.324 e. The fraction of sp³-hybridized carbons (Fsp3) is 0.500. The smallest absolute Gasteiger partial charge is 0.0295 e. The lowest BCUT2D eigenvalue weighted by Gasteiger charge is -2.11. The highest BCUT2D eigenvalue weighted by atomic mass is 14.8. The molecule has 0 saturated carbocycles. The Morgan fingerprint density at radius 1 is 1.29 bits per heavy atom. The van der Waals surface area contributed by atoms with Crippen molar-refractivity contribution in [3.8, 4) is 0 Å². The van der Waals surface area contributed by atoms with Crippen molar-refractivity contribution in [1.29, 1.82) is 0 Å². The summed E-state index contributed by atoms with van der Waals surface area (Å²) in [7, 11) is 0. The molecule has 0 aliphatic carbocycles. The predicted molar refractivity (Wildman–Crippen MR) is 61.1 cm³/mol. The van der Waals surface area contributed by atoms with E-state index in [1.165, 1.54) is 5.56 Å². The Bertz CT molecular complexity index is 233. The molecule has 14 heavy (non-hydrogen) atoms. The van der Waals surface area contributed by atoms with Gasteiger partial charge in [-0.1, -0.05) is 37.3 Å². The molecular formula is C12H20N2. The zero-order chi connectivity index (χ0) is 10.2. The third-order valence-electron chi connectivity index (χ3n) is 2.35. The Kier molecular flexibility index (Phi) is 5.27. The van der Waals surface area contributed by atoms with E-state index in [1.807, 2.05) is 18.2 Å². The second-order valence-electron chi connectivity index (χ2n) is 3.51. The van der Waals surface area contributed by atoms with Crippen LogP contribution >= 0.6 is 0 Å². The van der Waals surface area contributed by atoms with Gasteiger partial charge < -0.3 is 11.1 Å². The van der Waals surface area contributed by atoms with Gasteiger partial charge in [0.1, 0.15) is 0 Å². The SMILES string of the molecule is CCNCCCC(N)c1ccccc1. The van der Waals surface area contributed by atoms with Crippen molar-refractivity contribution in [2.45, 2.75) is 25.8 Å². The van der Waals surface area contributed by atoms with Crippen LogP contribution in [0.3, 0.4) is 0 Å². The molecule has 1 aromatic carbocycles. The van der Waals surface area contributed by atoms with Crippen LogP contribution in [0.4, 0.5) is 0 Å². The van der Waals surface area contributed by atoms with Gasteiger partial charge in [-0.15, -0.1) is 0 Å². The summed E-state index contributed by atoms with van der Waals surface area (Å²) in [5.74, 6) is 0. The second-order valence-corrected chi connectivity index (χ2v) is 3.51. The molecule has 1 aromatic rings. The van der Waals surface area contributed by atoms with Crippen molar-refractivity contribution >= 4 is 0 Å². The highest BCUT2D eigenvalue weighted by molar-refractivity contribution is 5.18. The summed E-state index contributed by atoms with van der Waals surface area (Å²) in [6.07, 6.45) is 2.20. The van der Waals surface area contributed by atoms with E-state index in [0.717, 1.165) is 25.9 Å².